The third-order valence-electron chi connectivity index (χ3n) is 15.4. The summed E-state index contributed by atoms with van der Waals surface area (Å²) in [6.45, 7) is 2.18. The Morgan fingerprint density at radius 1 is 0.697 bits per heavy atom. The second kappa shape index (κ2) is 17.2. The molecule has 4 aliphatic heterocycles. The molecule has 3 aromatic carbocycles. The number of rotatable bonds is 11. The van der Waals surface area contributed by atoms with Gasteiger partial charge in [-0.25, -0.2) is 19.6 Å². The van der Waals surface area contributed by atoms with Crippen molar-refractivity contribution in [3.8, 4) is 33.6 Å². The molecule has 0 radical (unpaired) electrons. The van der Waals surface area contributed by atoms with Crippen molar-refractivity contribution in [1.82, 2.24) is 40.0 Å². The average molecular weight is 897 g/mol. The van der Waals surface area contributed by atoms with Gasteiger partial charge in [-0.2, -0.15) is 0 Å². The van der Waals surface area contributed by atoms with E-state index in [0.717, 1.165) is 81.7 Å². The number of alkyl carbamates (subject to hydrolysis) is 1. The van der Waals surface area contributed by atoms with E-state index in [1.165, 1.54) is 19.1 Å². The lowest BCUT2D eigenvalue weighted by Crippen LogP contribution is -2.54. The predicted molar refractivity (Wildman–Crippen MR) is 243 cm³/mol. The van der Waals surface area contributed by atoms with Crippen molar-refractivity contribution in [3.63, 3.8) is 0 Å². The maximum atomic E-state index is 14.3. The van der Waals surface area contributed by atoms with Crippen LogP contribution >= 0.6 is 0 Å². The second-order valence-electron chi connectivity index (χ2n) is 19.2. The normalized spacial score (nSPS) is 25.8. The number of nitrogens with zero attached hydrogens (tertiary/aromatic N) is 5. The molecule has 4 N–H and O–H groups in total. The summed E-state index contributed by atoms with van der Waals surface area (Å²) in [5.74, 6) is 2.00. The van der Waals surface area contributed by atoms with Gasteiger partial charge in [0, 0.05) is 51.1 Å². The summed E-state index contributed by atoms with van der Waals surface area (Å²) in [5, 5.41) is 15.0. The first kappa shape index (κ1) is 42.4. The van der Waals surface area contributed by atoms with Crippen LogP contribution in [0.15, 0.2) is 73.1 Å². The van der Waals surface area contributed by atoms with E-state index in [1.807, 2.05) is 22.2 Å². The molecule has 66 heavy (non-hydrogen) atoms. The lowest BCUT2D eigenvalue weighted by molar-refractivity contribution is -0.141. The number of piperidine rings is 2. The number of aromatic nitrogens is 4. The molecule has 16 nitrogen and oxygen atoms in total. The molecule has 4 saturated heterocycles. The number of carboxylic acid groups (broad SMARTS) is 1. The van der Waals surface area contributed by atoms with Crippen LogP contribution in [0, 0.1) is 23.7 Å². The van der Waals surface area contributed by atoms with E-state index in [4.69, 9.17) is 24.2 Å². The number of methoxy groups -OCH3 is 1. The van der Waals surface area contributed by atoms with Gasteiger partial charge in [0.2, 0.25) is 11.8 Å². The van der Waals surface area contributed by atoms with Crippen LogP contribution in [0.1, 0.15) is 75.1 Å². The Morgan fingerprint density at radius 2 is 1.20 bits per heavy atom. The Kier molecular flexibility index (Phi) is 11.0. The second-order valence-corrected chi connectivity index (χ2v) is 19.2. The number of H-pyrrole nitrogens is 2. The Bertz CT molecular complexity index is 2650. The van der Waals surface area contributed by atoms with Crippen molar-refractivity contribution in [2.24, 2.45) is 23.7 Å². The minimum Gasteiger partial charge on any atom is -0.465 e. The lowest BCUT2D eigenvalue weighted by Gasteiger charge is -2.38. The third-order valence-corrected chi connectivity index (χ3v) is 15.4. The van der Waals surface area contributed by atoms with Crippen LogP contribution < -0.4 is 5.32 Å². The summed E-state index contributed by atoms with van der Waals surface area (Å²) < 4.78 is 16.0. The van der Waals surface area contributed by atoms with Gasteiger partial charge in [-0.3, -0.25) is 14.5 Å². The number of imidazole rings is 2. The van der Waals surface area contributed by atoms with E-state index in [9.17, 15) is 24.3 Å². The topological polar surface area (TPSA) is 195 Å². The molecule has 16 heteroatoms. The minimum absolute atomic E-state index is 0.0247. The van der Waals surface area contributed by atoms with Crippen molar-refractivity contribution in [1.29, 1.82) is 0 Å². The number of hydrogen-bond acceptors (Lipinski definition) is 9. The van der Waals surface area contributed by atoms with Gasteiger partial charge in [0.25, 0.3) is 0 Å². The molecule has 6 fully saturated rings. The monoisotopic (exact) mass is 896 g/mol. The van der Waals surface area contributed by atoms with E-state index in [0.29, 0.717) is 63.9 Å². The van der Waals surface area contributed by atoms with E-state index in [-0.39, 0.29) is 47.8 Å². The molecule has 2 aromatic heterocycles. The zero-order valence-electron chi connectivity index (χ0n) is 37.2. The number of carbonyl (C=O) groups excluding carboxylic acids is 3. The largest absolute Gasteiger partial charge is 0.465 e. The highest BCUT2D eigenvalue weighted by molar-refractivity contribution is 5.91. The highest BCUT2D eigenvalue weighted by atomic mass is 16.5. The van der Waals surface area contributed by atoms with Crippen molar-refractivity contribution in [3.05, 3.63) is 84.7 Å². The van der Waals surface area contributed by atoms with E-state index >= 15 is 0 Å². The van der Waals surface area contributed by atoms with Crippen molar-refractivity contribution < 1.29 is 38.5 Å². The Balaban J connectivity index is 0.771. The standard InChI is InChI=1S/C50H56N8O8/c1-56(50(62)63)44(30-13-17-66-18-14-30)48(60)58-40-22-36(40)24-42(58)46-51-25-37(53-46)28-5-3-27(4-6-28)31-7-8-33-20-34(10-9-32(33)19-31)38-26-52-45(54-38)41-23-35-21-39(35)57(41)47(59)43(55-49(61)64-2)29-11-15-65-16-12-29/h3-10,19-20,25-26,29-30,35-36,39-44H,11-18,21-24H2,1-2H3,(H,51,53)(H,52,54)(H,55,61)(H,62,63)/t35-,36+,39+,40+,41-,42-,43-,44-/m0/s1. The molecule has 11 rings (SSSR count). The van der Waals surface area contributed by atoms with Gasteiger partial charge < -0.3 is 44.4 Å². The van der Waals surface area contributed by atoms with Crippen LogP contribution in [0.5, 0.6) is 0 Å². The molecule has 2 aliphatic carbocycles. The lowest BCUT2D eigenvalue weighted by atomic mass is 9.89. The Hall–Kier alpha value is -6.26. The molecule has 2 saturated carbocycles. The zero-order valence-corrected chi connectivity index (χ0v) is 37.2. The van der Waals surface area contributed by atoms with Gasteiger partial charge in [-0.1, -0.05) is 48.5 Å². The number of ether oxygens (including phenoxy) is 3. The molecule has 6 heterocycles. The summed E-state index contributed by atoms with van der Waals surface area (Å²) in [4.78, 5) is 74.9. The molecule has 4 amide bonds. The highest BCUT2D eigenvalue weighted by Crippen LogP contribution is 2.55. The molecule has 0 unspecified atom stereocenters. The summed E-state index contributed by atoms with van der Waals surface area (Å²) >= 11 is 0. The number of aromatic amines is 2. The molecule has 0 spiro atoms. The first-order valence-corrected chi connectivity index (χ1v) is 23.5. The average Bonchev–Trinajstić information content (AvgIpc) is 3.93. The van der Waals surface area contributed by atoms with Crippen molar-refractivity contribution >= 4 is 34.8 Å². The fourth-order valence-corrected chi connectivity index (χ4v) is 11.5. The first-order valence-electron chi connectivity index (χ1n) is 23.5. The maximum absolute atomic E-state index is 14.3. The third kappa shape index (κ3) is 7.86. The molecule has 6 aliphatic rings. The van der Waals surface area contributed by atoms with E-state index in [1.54, 1.807) is 0 Å². The first-order chi connectivity index (χ1) is 32.1. The van der Waals surface area contributed by atoms with Crippen molar-refractivity contribution in [2.45, 2.75) is 87.6 Å². The Morgan fingerprint density at radius 3 is 1.77 bits per heavy atom. The van der Waals surface area contributed by atoms with Crippen molar-refractivity contribution in [2.75, 3.05) is 40.6 Å². The number of amides is 4. The molecular formula is C50H56N8O8. The minimum atomic E-state index is -1.10. The number of nitrogens with one attached hydrogen (secondary N) is 3. The molecule has 5 aromatic rings. The van der Waals surface area contributed by atoms with Gasteiger partial charge in [0.15, 0.2) is 0 Å². The van der Waals surface area contributed by atoms with Crippen LogP contribution in [-0.2, 0) is 23.8 Å². The molecular weight excluding hydrogens is 841 g/mol. The molecule has 0 bridgehead atoms. The fourth-order valence-electron chi connectivity index (χ4n) is 11.5. The fraction of sp³-hybridized carbons (Fsp3) is 0.480. The predicted octanol–water partition coefficient (Wildman–Crippen LogP) is 7.17. The summed E-state index contributed by atoms with van der Waals surface area (Å²) in [5.41, 5.74) is 5.88. The number of hydrogen-bond donors (Lipinski definition) is 4. The Labute approximate surface area is 382 Å². The quantitative estimate of drug-likeness (QED) is 0.106. The van der Waals surface area contributed by atoms with Gasteiger partial charge in [-0.05, 0) is 115 Å². The van der Waals surface area contributed by atoms with Crippen LogP contribution in [-0.4, -0.2) is 128 Å². The van der Waals surface area contributed by atoms with Gasteiger partial charge >= 0.3 is 12.2 Å². The molecule has 8 atom stereocenters. The smallest absolute Gasteiger partial charge is 0.407 e. The number of likely N-dealkylation sites (tertiary alicyclic amines) is 2. The number of benzene rings is 3. The summed E-state index contributed by atoms with van der Waals surface area (Å²) in [6, 6.07) is 19.6. The highest BCUT2D eigenvalue weighted by Gasteiger charge is 2.58. The van der Waals surface area contributed by atoms with Crippen LogP contribution in [0.3, 0.4) is 0 Å². The van der Waals surface area contributed by atoms with Gasteiger partial charge in [-0.15, -0.1) is 0 Å². The van der Waals surface area contributed by atoms with Gasteiger partial charge in [0.05, 0.1) is 43.0 Å². The number of fused-ring (bicyclic) bond motifs is 3. The van der Waals surface area contributed by atoms with E-state index < -0.39 is 24.3 Å². The number of likely N-dealkylation sites (N-methyl/N-ethyl adjacent to an activating group) is 1. The van der Waals surface area contributed by atoms with Crippen LogP contribution in [0.2, 0.25) is 0 Å². The molecule has 344 valence electrons. The van der Waals surface area contributed by atoms with E-state index in [2.05, 4.69) is 75.9 Å². The van der Waals surface area contributed by atoms with Gasteiger partial charge in [0.1, 0.15) is 23.7 Å². The summed E-state index contributed by atoms with van der Waals surface area (Å²) in [7, 11) is 2.83. The number of carbonyl (C=O) groups is 4. The zero-order chi connectivity index (χ0) is 45.2. The van der Waals surface area contributed by atoms with Crippen LogP contribution in [0.25, 0.3) is 44.4 Å². The van der Waals surface area contributed by atoms with Crippen LogP contribution in [0.4, 0.5) is 9.59 Å². The SMILES string of the molecule is COC(=O)N[C@H](C(=O)N1[C@@H]2C[C@H]2C[C@H]1c1ncc(-c2ccc3cc(-c4ccc(-c5cnc([C@@H]6C[C@H]7C[C@H]7N6C(=O)[C@H](C6CCOCC6)N(C)C(=O)O)[nH]5)cc4)ccc3c2)[nH]1)C1CCOCC1. The summed E-state index contributed by atoms with van der Waals surface area (Å²) in [6.07, 6.45) is 8.24. The maximum Gasteiger partial charge on any atom is 0.407 e.